The predicted octanol–water partition coefficient (Wildman–Crippen LogP) is -0.00700. The van der Waals surface area contributed by atoms with Crippen molar-refractivity contribution >= 4 is 40.9 Å². The smallest absolute Gasteiger partial charge is 0.323 e. The summed E-state index contributed by atoms with van der Waals surface area (Å²) < 4.78 is 0. The van der Waals surface area contributed by atoms with Gasteiger partial charge >= 0.3 is 6.03 Å². The molecule has 0 bridgehead atoms. The summed E-state index contributed by atoms with van der Waals surface area (Å²) in [6.45, 7) is 3.09. The number of nitrogens with zero attached hydrogens (tertiary/aromatic N) is 4. The third kappa shape index (κ3) is 4.74. The summed E-state index contributed by atoms with van der Waals surface area (Å²) in [6, 6.07) is 6.57. The SMILES string of the molecule is O=C1CN(c2ccc(NC(=O)Nc3ccc(N4CCNC(=O)C4)nc3)cn2)CCN1. The van der Waals surface area contributed by atoms with Crippen LogP contribution in [0.5, 0.6) is 0 Å². The van der Waals surface area contributed by atoms with Crippen LogP contribution in [-0.2, 0) is 9.59 Å². The fourth-order valence-corrected chi connectivity index (χ4v) is 3.26. The van der Waals surface area contributed by atoms with E-state index in [0.717, 1.165) is 0 Å². The van der Waals surface area contributed by atoms with Gasteiger partial charge in [-0.15, -0.1) is 0 Å². The minimum Gasteiger partial charge on any atom is -0.353 e. The Balaban J connectivity index is 1.31. The van der Waals surface area contributed by atoms with Gasteiger partial charge in [-0.05, 0) is 24.3 Å². The standard InChI is InChI=1S/C19H22N8O3/c28-17-11-26(7-5-20-17)15-3-1-13(9-22-15)24-19(30)25-14-2-4-16(23-10-14)27-8-6-21-18(29)12-27/h1-4,9-10H,5-8,11-12H2,(H,20,28)(H,21,29)(H2,24,25,30). The number of hydrogen-bond donors (Lipinski definition) is 4. The largest absolute Gasteiger partial charge is 0.353 e. The van der Waals surface area contributed by atoms with Crippen LogP contribution in [0.15, 0.2) is 36.7 Å². The molecule has 4 heterocycles. The lowest BCUT2D eigenvalue weighted by Gasteiger charge is -2.27. The van der Waals surface area contributed by atoms with Crippen LogP contribution in [-0.4, -0.2) is 67.1 Å². The first-order chi connectivity index (χ1) is 14.6. The normalized spacial score (nSPS) is 16.5. The molecule has 0 aliphatic carbocycles. The molecular formula is C19H22N8O3. The quantitative estimate of drug-likeness (QED) is 0.558. The summed E-state index contributed by atoms with van der Waals surface area (Å²) in [5.41, 5.74) is 1.06. The van der Waals surface area contributed by atoms with E-state index in [4.69, 9.17) is 0 Å². The maximum Gasteiger partial charge on any atom is 0.323 e. The number of hydrogen-bond acceptors (Lipinski definition) is 7. The third-order valence-corrected chi connectivity index (χ3v) is 4.74. The van der Waals surface area contributed by atoms with Gasteiger partial charge in [0.25, 0.3) is 0 Å². The highest BCUT2D eigenvalue weighted by molar-refractivity contribution is 5.99. The summed E-state index contributed by atoms with van der Waals surface area (Å²) in [4.78, 5) is 47.6. The number of carbonyl (C=O) groups is 3. The first-order valence-electron chi connectivity index (χ1n) is 9.60. The van der Waals surface area contributed by atoms with E-state index in [-0.39, 0.29) is 24.9 Å². The van der Waals surface area contributed by atoms with E-state index in [0.29, 0.717) is 49.2 Å². The van der Waals surface area contributed by atoms with E-state index in [1.165, 1.54) is 0 Å². The minimum atomic E-state index is -0.422. The first-order valence-corrected chi connectivity index (χ1v) is 9.60. The van der Waals surface area contributed by atoms with Gasteiger partial charge < -0.3 is 31.1 Å². The average Bonchev–Trinajstić information content (AvgIpc) is 2.75. The first kappa shape index (κ1) is 19.4. The predicted molar refractivity (Wildman–Crippen MR) is 112 cm³/mol. The second-order valence-corrected chi connectivity index (χ2v) is 6.93. The molecule has 0 atom stereocenters. The van der Waals surface area contributed by atoms with Crippen LogP contribution < -0.4 is 31.1 Å². The maximum absolute atomic E-state index is 12.2. The van der Waals surface area contributed by atoms with Crippen molar-refractivity contribution in [2.45, 2.75) is 0 Å². The van der Waals surface area contributed by atoms with Gasteiger partial charge in [0, 0.05) is 26.2 Å². The molecule has 0 unspecified atom stereocenters. The maximum atomic E-state index is 12.2. The van der Waals surface area contributed by atoms with Gasteiger partial charge in [-0.25, -0.2) is 14.8 Å². The molecule has 0 spiro atoms. The molecule has 2 aliphatic heterocycles. The monoisotopic (exact) mass is 410 g/mol. The van der Waals surface area contributed by atoms with Crippen molar-refractivity contribution < 1.29 is 14.4 Å². The number of aromatic nitrogens is 2. The second-order valence-electron chi connectivity index (χ2n) is 6.93. The highest BCUT2D eigenvalue weighted by Gasteiger charge is 2.18. The van der Waals surface area contributed by atoms with E-state index < -0.39 is 6.03 Å². The average molecular weight is 410 g/mol. The lowest BCUT2D eigenvalue weighted by molar-refractivity contribution is -0.121. The second kappa shape index (κ2) is 8.64. The zero-order valence-corrected chi connectivity index (χ0v) is 16.2. The molecule has 2 fully saturated rings. The molecule has 11 heteroatoms. The van der Waals surface area contributed by atoms with Gasteiger partial charge in [0.05, 0.1) is 36.9 Å². The van der Waals surface area contributed by atoms with Crippen molar-refractivity contribution in [1.29, 1.82) is 0 Å². The molecule has 0 aromatic carbocycles. The molecular weight excluding hydrogens is 388 g/mol. The number of nitrogens with one attached hydrogen (secondary N) is 4. The third-order valence-electron chi connectivity index (χ3n) is 4.74. The minimum absolute atomic E-state index is 0.0344. The molecule has 2 aliphatic rings. The van der Waals surface area contributed by atoms with Crippen LogP contribution in [0.3, 0.4) is 0 Å². The van der Waals surface area contributed by atoms with Crippen molar-refractivity contribution in [3.63, 3.8) is 0 Å². The number of rotatable bonds is 4. The van der Waals surface area contributed by atoms with Crippen molar-refractivity contribution in [3.05, 3.63) is 36.7 Å². The lowest BCUT2D eigenvalue weighted by Crippen LogP contribution is -2.48. The Morgan fingerprint density at radius 2 is 1.27 bits per heavy atom. The topological polar surface area (TPSA) is 132 Å². The van der Waals surface area contributed by atoms with Crippen molar-refractivity contribution in [3.8, 4) is 0 Å². The van der Waals surface area contributed by atoms with Gasteiger partial charge in [0.2, 0.25) is 11.8 Å². The van der Waals surface area contributed by atoms with Gasteiger partial charge in [-0.3, -0.25) is 9.59 Å². The highest BCUT2D eigenvalue weighted by atomic mass is 16.2. The summed E-state index contributed by atoms with van der Waals surface area (Å²) in [7, 11) is 0. The molecule has 11 nitrogen and oxygen atoms in total. The van der Waals surface area contributed by atoms with Gasteiger partial charge in [-0.2, -0.15) is 0 Å². The highest BCUT2D eigenvalue weighted by Crippen LogP contribution is 2.17. The summed E-state index contributed by atoms with van der Waals surface area (Å²) >= 11 is 0. The van der Waals surface area contributed by atoms with Crippen LogP contribution in [0.25, 0.3) is 0 Å². The number of piperazine rings is 2. The van der Waals surface area contributed by atoms with Crippen LogP contribution in [0.4, 0.5) is 27.8 Å². The molecule has 2 saturated heterocycles. The Kier molecular flexibility index (Phi) is 5.59. The number of pyridine rings is 2. The summed E-state index contributed by atoms with van der Waals surface area (Å²) in [5.74, 6) is 1.30. The Morgan fingerprint density at radius 3 is 1.63 bits per heavy atom. The zero-order chi connectivity index (χ0) is 20.9. The van der Waals surface area contributed by atoms with E-state index in [2.05, 4.69) is 31.2 Å². The number of amides is 4. The van der Waals surface area contributed by atoms with Gasteiger partial charge in [-0.1, -0.05) is 0 Å². The van der Waals surface area contributed by atoms with Gasteiger partial charge in [0.15, 0.2) is 0 Å². The zero-order valence-electron chi connectivity index (χ0n) is 16.2. The fraction of sp³-hybridized carbons (Fsp3) is 0.316. The van der Waals surface area contributed by atoms with Crippen LogP contribution in [0.1, 0.15) is 0 Å². The molecule has 4 rings (SSSR count). The van der Waals surface area contributed by atoms with E-state index in [9.17, 15) is 14.4 Å². The number of urea groups is 1. The van der Waals surface area contributed by atoms with E-state index in [1.54, 1.807) is 36.7 Å². The van der Waals surface area contributed by atoms with Gasteiger partial charge in [0.1, 0.15) is 11.6 Å². The Hall–Kier alpha value is -3.89. The van der Waals surface area contributed by atoms with Crippen LogP contribution in [0, 0.1) is 0 Å². The number of carbonyl (C=O) groups excluding carboxylic acids is 3. The number of anilines is 4. The molecule has 2 aromatic rings. The van der Waals surface area contributed by atoms with Crippen LogP contribution in [0.2, 0.25) is 0 Å². The van der Waals surface area contributed by atoms with Crippen molar-refractivity contribution in [2.75, 3.05) is 59.7 Å². The Labute approximate surface area is 172 Å². The van der Waals surface area contributed by atoms with E-state index in [1.807, 2.05) is 9.80 Å². The fourth-order valence-electron chi connectivity index (χ4n) is 3.26. The summed E-state index contributed by atoms with van der Waals surface area (Å²) in [5, 5.41) is 11.0. The summed E-state index contributed by atoms with van der Waals surface area (Å²) in [6.07, 6.45) is 3.09. The Bertz CT molecular complexity index is 856. The molecule has 4 amide bonds. The molecule has 156 valence electrons. The molecule has 30 heavy (non-hydrogen) atoms. The lowest BCUT2D eigenvalue weighted by atomic mass is 10.3. The van der Waals surface area contributed by atoms with E-state index >= 15 is 0 Å². The Morgan fingerprint density at radius 1 is 0.800 bits per heavy atom. The molecule has 2 aromatic heterocycles. The van der Waals surface area contributed by atoms with Crippen molar-refractivity contribution in [1.82, 2.24) is 20.6 Å². The molecule has 0 saturated carbocycles. The molecule has 0 radical (unpaired) electrons. The van der Waals surface area contributed by atoms with Crippen molar-refractivity contribution in [2.24, 2.45) is 0 Å². The molecule has 4 N–H and O–H groups in total. The van der Waals surface area contributed by atoms with Crippen LogP contribution >= 0.6 is 0 Å².